The highest BCUT2D eigenvalue weighted by molar-refractivity contribution is 7.80. The molecule has 0 atom stereocenters. The van der Waals surface area contributed by atoms with Crippen molar-refractivity contribution in [3.8, 4) is 5.75 Å². The Kier molecular flexibility index (Phi) is 4.52. The lowest BCUT2D eigenvalue weighted by Crippen LogP contribution is -2.11. The van der Waals surface area contributed by atoms with Gasteiger partial charge in [0.15, 0.2) is 0 Å². The Morgan fingerprint density at radius 3 is 2.60 bits per heavy atom. The number of hydrogen-bond acceptors (Lipinski definition) is 2. The number of thiol groups is 1. The molecule has 0 spiro atoms. The Morgan fingerprint density at radius 2 is 2.00 bits per heavy atom. The fourth-order valence-electron chi connectivity index (χ4n) is 1.31. The van der Waals surface area contributed by atoms with Crippen LogP contribution < -0.4 is 4.74 Å². The van der Waals surface area contributed by atoms with E-state index in [2.05, 4.69) is 51.6 Å². The maximum atomic E-state index is 5.63. The minimum absolute atomic E-state index is 0.183. The summed E-state index contributed by atoms with van der Waals surface area (Å²) >= 11 is 4.15. The first kappa shape index (κ1) is 12.4. The molecule has 0 unspecified atom stereocenters. The summed E-state index contributed by atoms with van der Waals surface area (Å²) in [5.41, 5.74) is 1.49. The van der Waals surface area contributed by atoms with E-state index in [9.17, 15) is 0 Å². The van der Waals surface area contributed by atoms with Gasteiger partial charge in [0.25, 0.3) is 0 Å². The average molecular weight is 224 g/mol. The normalized spacial score (nSPS) is 11.5. The van der Waals surface area contributed by atoms with Crippen LogP contribution in [-0.4, -0.2) is 12.4 Å². The van der Waals surface area contributed by atoms with Gasteiger partial charge in [0.05, 0.1) is 6.61 Å². The van der Waals surface area contributed by atoms with Gasteiger partial charge >= 0.3 is 0 Å². The molecule has 1 aromatic rings. The summed E-state index contributed by atoms with van der Waals surface area (Å²) in [5.74, 6) is 1.84. The van der Waals surface area contributed by atoms with Gasteiger partial charge in [-0.3, -0.25) is 0 Å². The zero-order valence-electron chi connectivity index (χ0n) is 9.79. The molecule has 1 nitrogen and oxygen atoms in total. The van der Waals surface area contributed by atoms with E-state index in [1.165, 1.54) is 5.56 Å². The Morgan fingerprint density at radius 1 is 1.27 bits per heavy atom. The molecule has 84 valence electrons. The minimum Gasteiger partial charge on any atom is -0.494 e. The molecular formula is C13H20OS. The van der Waals surface area contributed by atoms with E-state index >= 15 is 0 Å². The SMILES string of the molecule is CC(C)(C)c1cccc(OCCCS)c1. The lowest BCUT2D eigenvalue weighted by atomic mass is 9.87. The Hall–Kier alpha value is -0.630. The maximum Gasteiger partial charge on any atom is 0.119 e. The summed E-state index contributed by atoms with van der Waals surface area (Å²) in [4.78, 5) is 0. The van der Waals surface area contributed by atoms with Crippen molar-refractivity contribution in [2.75, 3.05) is 12.4 Å². The molecule has 0 aliphatic heterocycles. The van der Waals surface area contributed by atoms with Crippen LogP contribution in [0.4, 0.5) is 0 Å². The molecule has 0 aliphatic rings. The molecule has 0 bridgehead atoms. The number of rotatable bonds is 4. The second kappa shape index (κ2) is 5.45. The Bertz CT molecular complexity index is 302. The van der Waals surface area contributed by atoms with Gasteiger partial charge in [-0.15, -0.1) is 0 Å². The average Bonchev–Trinajstić information content (AvgIpc) is 2.17. The Balaban J connectivity index is 2.66. The van der Waals surface area contributed by atoms with Gasteiger partial charge in [-0.1, -0.05) is 32.9 Å². The fourth-order valence-corrected chi connectivity index (χ4v) is 1.44. The molecule has 0 radical (unpaired) electrons. The molecule has 1 aromatic carbocycles. The van der Waals surface area contributed by atoms with Gasteiger partial charge in [-0.2, -0.15) is 12.6 Å². The third kappa shape index (κ3) is 4.17. The quantitative estimate of drug-likeness (QED) is 0.606. The first-order valence-corrected chi connectivity index (χ1v) is 6.01. The second-order valence-electron chi connectivity index (χ2n) is 4.70. The van der Waals surface area contributed by atoms with Gasteiger partial charge < -0.3 is 4.74 Å². The second-order valence-corrected chi connectivity index (χ2v) is 5.15. The van der Waals surface area contributed by atoms with Crippen molar-refractivity contribution in [2.45, 2.75) is 32.6 Å². The topological polar surface area (TPSA) is 9.23 Å². The summed E-state index contributed by atoms with van der Waals surface area (Å²) in [6.07, 6.45) is 0.989. The van der Waals surface area contributed by atoms with Crippen LogP contribution in [0.3, 0.4) is 0 Å². The summed E-state index contributed by atoms with van der Waals surface area (Å²) < 4.78 is 5.63. The van der Waals surface area contributed by atoms with E-state index in [1.54, 1.807) is 0 Å². The minimum atomic E-state index is 0.183. The fraction of sp³-hybridized carbons (Fsp3) is 0.538. The highest BCUT2D eigenvalue weighted by Crippen LogP contribution is 2.25. The van der Waals surface area contributed by atoms with E-state index in [0.717, 1.165) is 24.5 Å². The van der Waals surface area contributed by atoms with E-state index in [1.807, 2.05) is 6.07 Å². The van der Waals surface area contributed by atoms with Crippen LogP contribution in [0.5, 0.6) is 5.75 Å². The number of ether oxygens (including phenoxy) is 1. The summed E-state index contributed by atoms with van der Waals surface area (Å²) in [6.45, 7) is 7.37. The van der Waals surface area contributed by atoms with Crippen LogP contribution in [-0.2, 0) is 5.41 Å². The van der Waals surface area contributed by atoms with Crippen LogP contribution in [0.25, 0.3) is 0 Å². The third-order valence-electron chi connectivity index (χ3n) is 2.27. The highest BCUT2D eigenvalue weighted by Gasteiger charge is 2.13. The first-order chi connectivity index (χ1) is 7.04. The van der Waals surface area contributed by atoms with Crippen molar-refractivity contribution in [1.29, 1.82) is 0 Å². The molecule has 0 aliphatic carbocycles. The zero-order chi connectivity index (χ0) is 11.3. The molecule has 0 saturated carbocycles. The molecule has 0 aromatic heterocycles. The standard InChI is InChI=1S/C13H20OS/c1-13(2,3)11-6-4-7-12(10-11)14-8-5-9-15/h4,6-7,10,15H,5,8-9H2,1-3H3. The molecule has 0 heterocycles. The van der Waals surface area contributed by atoms with Crippen LogP contribution in [0.15, 0.2) is 24.3 Å². The first-order valence-electron chi connectivity index (χ1n) is 5.38. The van der Waals surface area contributed by atoms with Gasteiger partial charge in [0.1, 0.15) is 5.75 Å². The van der Waals surface area contributed by atoms with Crippen molar-refractivity contribution in [2.24, 2.45) is 0 Å². The van der Waals surface area contributed by atoms with Gasteiger partial charge in [0, 0.05) is 0 Å². The van der Waals surface area contributed by atoms with Gasteiger partial charge in [-0.25, -0.2) is 0 Å². The van der Waals surface area contributed by atoms with Crippen molar-refractivity contribution in [3.05, 3.63) is 29.8 Å². The molecule has 15 heavy (non-hydrogen) atoms. The van der Waals surface area contributed by atoms with Gasteiger partial charge in [0.2, 0.25) is 0 Å². The van der Waals surface area contributed by atoms with Crippen molar-refractivity contribution >= 4 is 12.6 Å². The summed E-state index contributed by atoms with van der Waals surface area (Å²) in [6, 6.07) is 8.33. The van der Waals surface area contributed by atoms with Gasteiger partial charge in [-0.05, 0) is 35.3 Å². The predicted molar refractivity (Wildman–Crippen MR) is 69.1 cm³/mol. The summed E-state index contributed by atoms with van der Waals surface area (Å²) in [5, 5.41) is 0. The molecule has 0 fully saturated rings. The monoisotopic (exact) mass is 224 g/mol. The molecular weight excluding hydrogens is 204 g/mol. The van der Waals surface area contributed by atoms with Crippen LogP contribution in [0.2, 0.25) is 0 Å². The lowest BCUT2D eigenvalue weighted by Gasteiger charge is -2.19. The predicted octanol–water partition coefficient (Wildman–Crippen LogP) is 3.68. The van der Waals surface area contributed by atoms with Crippen molar-refractivity contribution in [1.82, 2.24) is 0 Å². The highest BCUT2D eigenvalue weighted by atomic mass is 32.1. The van der Waals surface area contributed by atoms with Crippen LogP contribution >= 0.6 is 12.6 Å². The van der Waals surface area contributed by atoms with E-state index in [-0.39, 0.29) is 5.41 Å². The smallest absolute Gasteiger partial charge is 0.119 e. The molecule has 2 heteroatoms. The van der Waals surface area contributed by atoms with E-state index in [4.69, 9.17) is 4.74 Å². The van der Waals surface area contributed by atoms with E-state index in [0.29, 0.717) is 0 Å². The lowest BCUT2D eigenvalue weighted by molar-refractivity contribution is 0.318. The molecule has 0 N–H and O–H groups in total. The zero-order valence-corrected chi connectivity index (χ0v) is 10.7. The number of benzene rings is 1. The summed E-state index contributed by atoms with van der Waals surface area (Å²) in [7, 11) is 0. The third-order valence-corrected chi connectivity index (χ3v) is 2.59. The van der Waals surface area contributed by atoms with Crippen LogP contribution in [0.1, 0.15) is 32.8 Å². The molecule has 0 saturated heterocycles. The van der Waals surface area contributed by atoms with Crippen molar-refractivity contribution in [3.63, 3.8) is 0 Å². The maximum absolute atomic E-state index is 5.63. The van der Waals surface area contributed by atoms with Crippen LogP contribution in [0, 0.1) is 0 Å². The van der Waals surface area contributed by atoms with Crippen molar-refractivity contribution < 1.29 is 4.74 Å². The Labute approximate surface area is 98.3 Å². The molecule has 1 rings (SSSR count). The van der Waals surface area contributed by atoms with E-state index < -0.39 is 0 Å². The largest absolute Gasteiger partial charge is 0.494 e. The molecule has 0 amide bonds. The number of hydrogen-bond donors (Lipinski definition) is 1.